The molecule has 2 N–H and O–H groups in total. The fourth-order valence-corrected chi connectivity index (χ4v) is 3.02. The summed E-state index contributed by atoms with van der Waals surface area (Å²) in [7, 11) is -2.14. The SMILES string of the molecule is CNS(=O)(=O)c1ccccc1CC(O)c1ccccc1. The Hall–Kier alpha value is -1.69. The van der Waals surface area contributed by atoms with Crippen LogP contribution in [0, 0.1) is 0 Å². The van der Waals surface area contributed by atoms with Gasteiger partial charge in [0.2, 0.25) is 10.0 Å². The van der Waals surface area contributed by atoms with E-state index < -0.39 is 16.1 Å². The topological polar surface area (TPSA) is 66.4 Å². The van der Waals surface area contributed by atoms with Gasteiger partial charge < -0.3 is 5.11 Å². The summed E-state index contributed by atoms with van der Waals surface area (Å²) in [5.74, 6) is 0. The standard InChI is InChI=1S/C15H17NO3S/c1-16-20(18,19)15-10-6-5-9-13(15)11-14(17)12-7-3-2-4-8-12/h2-10,14,16-17H,11H2,1H3. The van der Waals surface area contributed by atoms with Crippen molar-refractivity contribution in [1.29, 1.82) is 0 Å². The van der Waals surface area contributed by atoms with Crippen molar-refractivity contribution in [3.8, 4) is 0 Å². The van der Waals surface area contributed by atoms with Gasteiger partial charge in [0, 0.05) is 6.42 Å². The summed E-state index contributed by atoms with van der Waals surface area (Å²) in [4.78, 5) is 0.206. The zero-order valence-corrected chi connectivity index (χ0v) is 12.0. The molecule has 0 saturated carbocycles. The van der Waals surface area contributed by atoms with E-state index in [-0.39, 0.29) is 11.3 Å². The van der Waals surface area contributed by atoms with Crippen LogP contribution in [0.25, 0.3) is 0 Å². The van der Waals surface area contributed by atoms with Crippen molar-refractivity contribution in [1.82, 2.24) is 4.72 Å². The van der Waals surface area contributed by atoms with Crippen LogP contribution in [-0.2, 0) is 16.4 Å². The molecule has 1 atom stereocenters. The molecular weight excluding hydrogens is 274 g/mol. The number of hydrogen-bond acceptors (Lipinski definition) is 3. The molecule has 0 radical (unpaired) electrons. The van der Waals surface area contributed by atoms with Crippen LogP contribution < -0.4 is 4.72 Å². The third kappa shape index (κ3) is 3.25. The highest BCUT2D eigenvalue weighted by molar-refractivity contribution is 7.89. The molecule has 0 fully saturated rings. The molecule has 2 aromatic rings. The minimum absolute atomic E-state index is 0.206. The average molecular weight is 291 g/mol. The lowest BCUT2D eigenvalue weighted by Crippen LogP contribution is -2.20. The predicted molar refractivity (Wildman–Crippen MR) is 77.8 cm³/mol. The minimum Gasteiger partial charge on any atom is -0.388 e. The molecule has 0 aliphatic carbocycles. The van der Waals surface area contributed by atoms with Crippen LogP contribution in [-0.4, -0.2) is 20.6 Å². The molecule has 2 rings (SSSR count). The monoisotopic (exact) mass is 291 g/mol. The highest BCUT2D eigenvalue weighted by Crippen LogP contribution is 2.22. The van der Waals surface area contributed by atoms with Crippen molar-refractivity contribution in [2.24, 2.45) is 0 Å². The van der Waals surface area contributed by atoms with E-state index in [0.717, 1.165) is 5.56 Å². The van der Waals surface area contributed by atoms with Gasteiger partial charge in [0.1, 0.15) is 0 Å². The number of benzene rings is 2. The Kier molecular flexibility index (Phi) is 4.54. The molecular formula is C15H17NO3S. The van der Waals surface area contributed by atoms with Crippen molar-refractivity contribution in [2.75, 3.05) is 7.05 Å². The molecule has 2 aromatic carbocycles. The van der Waals surface area contributed by atoms with Crippen molar-refractivity contribution in [2.45, 2.75) is 17.4 Å². The Morgan fingerprint density at radius 3 is 2.30 bits per heavy atom. The molecule has 0 amide bonds. The van der Waals surface area contributed by atoms with Crippen LogP contribution >= 0.6 is 0 Å². The van der Waals surface area contributed by atoms with Gasteiger partial charge in [-0.05, 0) is 24.2 Å². The lowest BCUT2D eigenvalue weighted by Gasteiger charge is -2.14. The smallest absolute Gasteiger partial charge is 0.240 e. The maximum Gasteiger partial charge on any atom is 0.240 e. The highest BCUT2D eigenvalue weighted by Gasteiger charge is 2.18. The van der Waals surface area contributed by atoms with E-state index in [1.165, 1.54) is 7.05 Å². The molecule has 0 bridgehead atoms. The van der Waals surface area contributed by atoms with Crippen molar-refractivity contribution < 1.29 is 13.5 Å². The summed E-state index contributed by atoms with van der Waals surface area (Å²) in [6, 6.07) is 15.9. The number of nitrogens with one attached hydrogen (secondary N) is 1. The molecule has 0 saturated heterocycles. The summed E-state index contributed by atoms with van der Waals surface area (Å²) in [6.45, 7) is 0. The second kappa shape index (κ2) is 6.17. The lowest BCUT2D eigenvalue weighted by atomic mass is 10.0. The van der Waals surface area contributed by atoms with Crippen LogP contribution in [0.1, 0.15) is 17.2 Å². The number of hydrogen-bond donors (Lipinski definition) is 2. The maximum atomic E-state index is 11.9. The summed E-state index contributed by atoms with van der Waals surface area (Å²) in [5, 5.41) is 10.2. The molecule has 1 unspecified atom stereocenters. The van der Waals surface area contributed by atoms with Gasteiger partial charge in [-0.1, -0.05) is 48.5 Å². The van der Waals surface area contributed by atoms with Crippen molar-refractivity contribution >= 4 is 10.0 Å². The van der Waals surface area contributed by atoms with E-state index in [9.17, 15) is 13.5 Å². The van der Waals surface area contributed by atoms with Crippen LogP contribution in [0.2, 0.25) is 0 Å². The van der Waals surface area contributed by atoms with Crippen LogP contribution in [0.4, 0.5) is 0 Å². The summed E-state index contributed by atoms with van der Waals surface area (Å²) in [5.41, 5.74) is 1.36. The summed E-state index contributed by atoms with van der Waals surface area (Å²) >= 11 is 0. The van der Waals surface area contributed by atoms with E-state index in [1.54, 1.807) is 24.3 Å². The van der Waals surface area contributed by atoms with Gasteiger partial charge in [-0.3, -0.25) is 0 Å². The van der Waals surface area contributed by atoms with Gasteiger partial charge in [0.15, 0.2) is 0 Å². The van der Waals surface area contributed by atoms with E-state index in [1.807, 2.05) is 30.3 Å². The molecule has 0 heterocycles. The fourth-order valence-electron chi connectivity index (χ4n) is 2.05. The molecule has 0 aliphatic rings. The molecule has 5 heteroatoms. The Bertz CT molecular complexity index is 669. The Morgan fingerprint density at radius 2 is 1.65 bits per heavy atom. The second-order valence-electron chi connectivity index (χ2n) is 4.45. The zero-order valence-electron chi connectivity index (χ0n) is 11.2. The van der Waals surface area contributed by atoms with Crippen LogP contribution in [0.15, 0.2) is 59.5 Å². The number of sulfonamides is 1. The molecule has 0 aliphatic heterocycles. The first-order valence-electron chi connectivity index (χ1n) is 6.29. The summed E-state index contributed by atoms with van der Waals surface area (Å²) < 4.78 is 26.2. The number of rotatable bonds is 5. The molecule has 20 heavy (non-hydrogen) atoms. The van der Waals surface area contributed by atoms with E-state index in [2.05, 4.69) is 4.72 Å². The van der Waals surface area contributed by atoms with Crippen molar-refractivity contribution in [3.05, 3.63) is 65.7 Å². The Morgan fingerprint density at radius 1 is 1.05 bits per heavy atom. The minimum atomic E-state index is -3.52. The maximum absolute atomic E-state index is 11.9. The molecule has 0 spiro atoms. The first kappa shape index (κ1) is 14.7. The fraction of sp³-hybridized carbons (Fsp3) is 0.200. The number of aliphatic hydroxyl groups excluding tert-OH is 1. The third-order valence-corrected chi connectivity index (χ3v) is 4.64. The molecule has 106 valence electrons. The quantitative estimate of drug-likeness (QED) is 0.884. The van der Waals surface area contributed by atoms with E-state index >= 15 is 0 Å². The highest BCUT2D eigenvalue weighted by atomic mass is 32.2. The van der Waals surface area contributed by atoms with Crippen molar-refractivity contribution in [3.63, 3.8) is 0 Å². The van der Waals surface area contributed by atoms with E-state index in [0.29, 0.717) is 5.56 Å². The van der Waals surface area contributed by atoms with Gasteiger partial charge in [0.05, 0.1) is 11.0 Å². The first-order valence-corrected chi connectivity index (χ1v) is 7.77. The summed E-state index contributed by atoms with van der Waals surface area (Å²) in [6.07, 6.45) is -0.481. The predicted octanol–water partition coefficient (Wildman–Crippen LogP) is 1.87. The normalized spacial score (nSPS) is 13.1. The first-order chi connectivity index (χ1) is 9.54. The second-order valence-corrected chi connectivity index (χ2v) is 6.30. The zero-order chi connectivity index (χ0) is 14.6. The van der Waals surface area contributed by atoms with Gasteiger partial charge >= 0.3 is 0 Å². The van der Waals surface area contributed by atoms with Gasteiger partial charge in [-0.15, -0.1) is 0 Å². The van der Waals surface area contributed by atoms with Gasteiger partial charge in [-0.2, -0.15) is 0 Å². The number of aliphatic hydroxyl groups is 1. The van der Waals surface area contributed by atoms with Crippen LogP contribution in [0.5, 0.6) is 0 Å². The Balaban J connectivity index is 2.31. The molecule has 4 nitrogen and oxygen atoms in total. The van der Waals surface area contributed by atoms with Gasteiger partial charge in [-0.25, -0.2) is 13.1 Å². The molecule has 0 aromatic heterocycles. The van der Waals surface area contributed by atoms with E-state index in [4.69, 9.17) is 0 Å². The third-order valence-electron chi connectivity index (χ3n) is 3.13. The average Bonchev–Trinajstić information content (AvgIpc) is 2.48. The largest absolute Gasteiger partial charge is 0.388 e. The lowest BCUT2D eigenvalue weighted by molar-refractivity contribution is 0.177. The van der Waals surface area contributed by atoms with Crippen LogP contribution in [0.3, 0.4) is 0 Å². The Labute approximate surface area is 119 Å². The van der Waals surface area contributed by atoms with Gasteiger partial charge in [0.25, 0.3) is 0 Å².